The minimum Gasteiger partial charge on any atom is -0.472 e. The second-order valence-electron chi connectivity index (χ2n) is 5.83. The molecule has 6 heteroatoms. The Labute approximate surface area is 141 Å². The number of likely N-dealkylation sites (tertiary alicyclic amines) is 1. The second kappa shape index (κ2) is 8.08. The molecule has 1 aliphatic rings. The number of aromatic nitrogens is 1. The number of furan rings is 1. The zero-order valence-corrected chi connectivity index (χ0v) is 13.8. The average molecular weight is 330 g/mol. The van der Waals surface area contributed by atoms with Crippen molar-refractivity contribution in [3.8, 4) is 0 Å². The van der Waals surface area contributed by atoms with Crippen molar-refractivity contribution in [2.24, 2.45) is 0 Å². The average Bonchev–Trinajstić information content (AvgIpc) is 3.26. The third-order valence-corrected chi connectivity index (χ3v) is 4.33. The molecule has 6 nitrogen and oxygen atoms in total. The first-order valence-electron chi connectivity index (χ1n) is 8.12. The highest BCUT2D eigenvalue weighted by molar-refractivity contribution is 5.94. The molecule has 0 saturated carbocycles. The van der Waals surface area contributed by atoms with Crippen LogP contribution in [0.3, 0.4) is 0 Å². The Kier molecular flexibility index (Phi) is 5.61. The van der Waals surface area contributed by atoms with E-state index in [9.17, 15) is 4.79 Å². The number of carbonyl (C=O) groups is 1. The number of hydrogen-bond acceptors (Lipinski definition) is 5. The van der Waals surface area contributed by atoms with Gasteiger partial charge < -0.3 is 18.8 Å². The summed E-state index contributed by atoms with van der Waals surface area (Å²) in [7, 11) is 1.65. The van der Waals surface area contributed by atoms with E-state index >= 15 is 0 Å². The van der Waals surface area contributed by atoms with Gasteiger partial charge in [0.05, 0.1) is 37.2 Å². The van der Waals surface area contributed by atoms with Crippen molar-refractivity contribution < 1.29 is 18.7 Å². The molecule has 3 rings (SSSR count). The Morgan fingerprint density at radius 1 is 1.33 bits per heavy atom. The molecule has 1 saturated heterocycles. The van der Waals surface area contributed by atoms with Gasteiger partial charge in [-0.1, -0.05) is 0 Å². The van der Waals surface area contributed by atoms with E-state index in [4.69, 9.17) is 13.9 Å². The summed E-state index contributed by atoms with van der Waals surface area (Å²) in [5.74, 6) is -0.0133. The highest BCUT2D eigenvalue weighted by Crippen LogP contribution is 2.26. The zero-order valence-electron chi connectivity index (χ0n) is 13.8. The lowest BCUT2D eigenvalue weighted by Crippen LogP contribution is -2.42. The van der Waals surface area contributed by atoms with Crippen LogP contribution in [0.5, 0.6) is 0 Å². The van der Waals surface area contributed by atoms with E-state index in [-0.39, 0.29) is 18.1 Å². The maximum Gasteiger partial charge on any atom is 0.257 e. The van der Waals surface area contributed by atoms with Crippen molar-refractivity contribution in [1.29, 1.82) is 0 Å². The van der Waals surface area contributed by atoms with Crippen LogP contribution in [0.25, 0.3) is 0 Å². The number of methoxy groups -OCH3 is 1. The minimum atomic E-state index is -0.0133. The first-order valence-corrected chi connectivity index (χ1v) is 8.12. The molecule has 3 heterocycles. The maximum atomic E-state index is 12.8. The minimum absolute atomic E-state index is 0.00386. The van der Waals surface area contributed by atoms with Gasteiger partial charge in [0, 0.05) is 26.0 Å². The van der Waals surface area contributed by atoms with Crippen LogP contribution in [0, 0.1) is 0 Å². The van der Waals surface area contributed by atoms with Gasteiger partial charge >= 0.3 is 0 Å². The van der Waals surface area contributed by atoms with Gasteiger partial charge in [0.2, 0.25) is 0 Å². The summed E-state index contributed by atoms with van der Waals surface area (Å²) in [6.45, 7) is 1.76. The Morgan fingerprint density at radius 2 is 2.17 bits per heavy atom. The van der Waals surface area contributed by atoms with Gasteiger partial charge in [0.25, 0.3) is 5.91 Å². The Hall–Kier alpha value is -2.18. The Morgan fingerprint density at radius 3 is 2.88 bits per heavy atom. The third kappa shape index (κ3) is 3.83. The summed E-state index contributed by atoms with van der Waals surface area (Å²) >= 11 is 0. The summed E-state index contributed by atoms with van der Waals surface area (Å²) in [6, 6.07) is 5.65. The van der Waals surface area contributed by atoms with Crippen LogP contribution in [0.1, 0.15) is 22.3 Å². The van der Waals surface area contributed by atoms with Crippen molar-refractivity contribution in [2.75, 3.05) is 26.9 Å². The maximum absolute atomic E-state index is 12.8. The molecular formula is C18H22N2O4. The van der Waals surface area contributed by atoms with E-state index in [1.807, 2.05) is 17.0 Å². The monoisotopic (exact) mass is 330 g/mol. The Bertz CT molecular complexity index is 630. The van der Waals surface area contributed by atoms with Crippen LogP contribution in [0.4, 0.5) is 0 Å². The van der Waals surface area contributed by atoms with Crippen LogP contribution in [0.2, 0.25) is 0 Å². The van der Waals surface area contributed by atoms with E-state index in [0.717, 1.165) is 18.4 Å². The summed E-state index contributed by atoms with van der Waals surface area (Å²) < 4.78 is 16.1. The standard InChI is InChI=1S/C18H22N2O4/c1-22-10-11-24-17-4-8-20(18(21)15-5-9-23-13-15)16(17)12-14-2-6-19-7-3-14/h2-3,5-7,9,13,16-17H,4,8,10-12H2,1H3/t16-,17-/m1/s1. The first kappa shape index (κ1) is 16.7. The number of nitrogens with zero attached hydrogens (tertiary/aromatic N) is 2. The van der Waals surface area contributed by atoms with Crippen molar-refractivity contribution in [3.63, 3.8) is 0 Å². The van der Waals surface area contributed by atoms with Gasteiger partial charge in [-0.2, -0.15) is 0 Å². The SMILES string of the molecule is COCCO[C@@H]1CCN(C(=O)c2ccoc2)[C@@H]1Cc1ccncc1. The number of ether oxygens (including phenoxy) is 2. The zero-order chi connectivity index (χ0) is 16.8. The Balaban J connectivity index is 1.75. The number of rotatable bonds is 7. The van der Waals surface area contributed by atoms with Crippen molar-refractivity contribution in [3.05, 3.63) is 54.2 Å². The lowest BCUT2D eigenvalue weighted by molar-refractivity contribution is 0.000483. The number of amides is 1. The fourth-order valence-corrected chi connectivity index (χ4v) is 3.11. The molecule has 2 atom stereocenters. The van der Waals surface area contributed by atoms with E-state index in [2.05, 4.69) is 4.98 Å². The van der Waals surface area contributed by atoms with E-state index < -0.39 is 0 Å². The van der Waals surface area contributed by atoms with E-state index in [1.54, 1.807) is 25.6 Å². The third-order valence-electron chi connectivity index (χ3n) is 4.33. The van der Waals surface area contributed by atoms with Crippen molar-refractivity contribution in [2.45, 2.75) is 25.0 Å². The molecule has 1 fully saturated rings. The number of carbonyl (C=O) groups excluding carboxylic acids is 1. The molecule has 0 N–H and O–H groups in total. The number of pyridine rings is 1. The van der Waals surface area contributed by atoms with Crippen LogP contribution >= 0.6 is 0 Å². The van der Waals surface area contributed by atoms with Gasteiger partial charge in [-0.25, -0.2) is 0 Å². The van der Waals surface area contributed by atoms with Gasteiger partial charge in [0.15, 0.2) is 0 Å². The number of hydrogen-bond donors (Lipinski definition) is 0. The predicted octanol–water partition coefficient (Wildman–Crippen LogP) is 2.16. The largest absolute Gasteiger partial charge is 0.472 e. The van der Waals surface area contributed by atoms with Gasteiger partial charge in [-0.15, -0.1) is 0 Å². The molecule has 0 bridgehead atoms. The molecule has 0 radical (unpaired) electrons. The molecule has 0 spiro atoms. The van der Waals surface area contributed by atoms with Crippen LogP contribution in [-0.2, 0) is 15.9 Å². The second-order valence-corrected chi connectivity index (χ2v) is 5.83. The van der Waals surface area contributed by atoms with Crippen LogP contribution < -0.4 is 0 Å². The normalized spacial score (nSPS) is 20.5. The topological polar surface area (TPSA) is 64.8 Å². The molecule has 0 unspecified atom stereocenters. The van der Waals surface area contributed by atoms with E-state index in [0.29, 0.717) is 25.3 Å². The summed E-state index contributed by atoms with van der Waals surface area (Å²) in [4.78, 5) is 18.7. The molecule has 2 aromatic rings. The molecule has 128 valence electrons. The fraction of sp³-hybridized carbons (Fsp3) is 0.444. The molecule has 24 heavy (non-hydrogen) atoms. The molecule has 0 aromatic carbocycles. The highest BCUT2D eigenvalue weighted by atomic mass is 16.5. The first-order chi connectivity index (χ1) is 11.8. The van der Waals surface area contributed by atoms with Crippen LogP contribution in [0.15, 0.2) is 47.5 Å². The molecule has 2 aromatic heterocycles. The van der Waals surface area contributed by atoms with Gasteiger partial charge in [-0.05, 0) is 36.6 Å². The molecular weight excluding hydrogens is 308 g/mol. The van der Waals surface area contributed by atoms with Gasteiger partial charge in [-0.3, -0.25) is 9.78 Å². The van der Waals surface area contributed by atoms with E-state index in [1.165, 1.54) is 12.5 Å². The summed E-state index contributed by atoms with van der Waals surface area (Å²) in [6.07, 6.45) is 8.12. The van der Waals surface area contributed by atoms with Gasteiger partial charge in [0.1, 0.15) is 6.26 Å². The summed E-state index contributed by atoms with van der Waals surface area (Å²) in [5.41, 5.74) is 1.72. The fourth-order valence-electron chi connectivity index (χ4n) is 3.11. The van der Waals surface area contributed by atoms with Crippen molar-refractivity contribution >= 4 is 5.91 Å². The van der Waals surface area contributed by atoms with Crippen LogP contribution in [-0.4, -0.2) is 54.8 Å². The molecule has 1 aliphatic heterocycles. The lowest BCUT2D eigenvalue weighted by atomic mass is 10.0. The predicted molar refractivity (Wildman–Crippen MR) is 87.7 cm³/mol. The molecule has 1 amide bonds. The lowest BCUT2D eigenvalue weighted by Gasteiger charge is -2.28. The summed E-state index contributed by atoms with van der Waals surface area (Å²) in [5, 5.41) is 0. The molecule has 0 aliphatic carbocycles. The smallest absolute Gasteiger partial charge is 0.257 e. The highest BCUT2D eigenvalue weighted by Gasteiger charge is 2.38. The van der Waals surface area contributed by atoms with Crippen molar-refractivity contribution in [1.82, 2.24) is 9.88 Å². The quantitative estimate of drug-likeness (QED) is 0.728.